The van der Waals surface area contributed by atoms with Crippen LogP contribution in [0.1, 0.15) is 17.8 Å². The fourth-order valence-electron chi connectivity index (χ4n) is 4.11. The van der Waals surface area contributed by atoms with Crippen molar-refractivity contribution in [3.05, 3.63) is 108 Å². The van der Waals surface area contributed by atoms with Gasteiger partial charge in [-0.2, -0.15) is 5.26 Å². The van der Waals surface area contributed by atoms with E-state index in [9.17, 15) is 10.1 Å². The number of nitrogens with one attached hydrogen (secondary N) is 1. The Morgan fingerprint density at radius 1 is 0.895 bits per heavy atom. The smallest absolute Gasteiger partial charge is 0.227 e. The molecular formula is C31H24N4O2S. The van der Waals surface area contributed by atoms with E-state index < -0.39 is 0 Å². The van der Waals surface area contributed by atoms with Gasteiger partial charge >= 0.3 is 0 Å². The average Bonchev–Trinajstić information content (AvgIpc) is 3.32. The number of anilines is 1. The number of hydrogen-bond acceptors (Lipinski definition) is 6. The van der Waals surface area contributed by atoms with Crippen LogP contribution >= 0.6 is 11.8 Å². The Morgan fingerprint density at radius 2 is 1.50 bits per heavy atom. The molecule has 0 aliphatic heterocycles. The van der Waals surface area contributed by atoms with Crippen LogP contribution in [0, 0.1) is 18.3 Å². The Morgan fingerprint density at radius 3 is 2.13 bits per heavy atom. The minimum atomic E-state index is -0.240. The first-order valence-electron chi connectivity index (χ1n) is 12.1. The van der Waals surface area contributed by atoms with Gasteiger partial charge in [0.25, 0.3) is 0 Å². The lowest BCUT2D eigenvalue weighted by Crippen LogP contribution is -2.12. The molecule has 0 fully saturated rings. The van der Waals surface area contributed by atoms with Crippen molar-refractivity contribution in [3.63, 3.8) is 0 Å². The minimum absolute atomic E-state index is 0.157. The van der Waals surface area contributed by atoms with Crippen molar-refractivity contribution >= 4 is 23.6 Å². The van der Waals surface area contributed by atoms with E-state index in [0.717, 1.165) is 27.4 Å². The zero-order valence-corrected chi connectivity index (χ0v) is 21.5. The molecule has 0 unspecified atom stereocenters. The SMILES string of the molecule is Cc1nc(SCCC(=O)Nc2oc(-c3ccccc3)c(-c3ccccc3)c2C#N)cc(-c2ccccc2)n1. The molecule has 0 aliphatic carbocycles. The minimum Gasteiger partial charge on any atom is -0.438 e. The highest BCUT2D eigenvalue weighted by molar-refractivity contribution is 7.99. The van der Waals surface area contributed by atoms with E-state index in [0.29, 0.717) is 28.5 Å². The maximum Gasteiger partial charge on any atom is 0.227 e. The van der Waals surface area contributed by atoms with E-state index in [2.05, 4.69) is 21.4 Å². The van der Waals surface area contributed by atoms with Gasteiger partial charge in [-0.15, -0.1) is 11.8 Å². The molecule has 186 valence electrons. The Hall–Kier alpha value is -4.67. The third kappa shape index (κ3) is 5.66. The molecule has 2 heterocycles. The molecule has 2 aromatic heterocycles. The van der Waals surface area contributed by atoms with Crippen molar-refractivity contribution in [2.75, 3.05) is 11.1 Å². The van der Waals surface area contributed by atoms with Crippen LogP contribution in [0.3, 0.4) is 0 Å². The molecule has 1 amide bonds. The van der Waals surface area contributed by atoms with Crippen molar-refractivity contribution in [1.82, 2.24) is 9.97 Å². The molecule has 0 atom stereocenters. The zero-order valence-electron chi connectivity index (χ0n) is 20.7. The van der Waals surface area contributed by atoms with E-state index in [1.807, 2.05) is 104 Å². The second-order valence-corrected chi connectivity index (χ2v) is 9.62. The zero-order chi connectivity index (χ0) is 26.3. The number of amides is 1. The normalized spacial score (nSPS) is 10.6. The van der Waals surface area contributed by atoms with Gasteiger partial charge in [0.1, 0.15) is 28.2 Å². The predicted octanol–water partition coefficient (Wildman–Crippen LogP) is 7.37. The number of aromatic nitrogens is 2. The molecule has 1 N–H and O–H groups in total. The van der Waals surface area contributed by atoms with Gasteiger partial charge in [-0.3, -0.25) is 10.1 Å². The number of carbonyl (C=O) groups excluding carboxylic acids is 1. The van der Waals surface area contributed by atoms with Crippen LogP contribution in [0.5, 0.6) is 0 Å². The van der Waals surface area contributed by atoms with E-state index in [4.69, 9.17) is 4.42 Å². The number of hydrogen-bond donors (Lipinski definition) is 1. The Balaban J connectivity index is 1.33. The second-order valence-electron chi connectivity index (χ2n) is 8.51. The largest absolute Gasteiger partial charge is 0.438 e. The van der Waals surface area contributed by atoms with Crippen LogP contribution in [0.4, 0.5) is 5.88 Å². The Bertz CT molecular complexity index is 1590. The van der Waals surface area contributed by atoms with Crippen LogP contribution in [-0.4, -0.2) is 21.6 Å². The molecule has 0 radical (unpaired) electrons. The molecule has 38 heavy (non-hydrogen) atoms. The summed E-state index contributed by atoms with van der Waals surface area (Å²) < 4.78 is 6.11. The summed E-state index contributed by atoms with van der Waals surface area (Å²) in [6.07, 6.45) is 0.224. The van der Waals surface area contributed by atoms with Crippen LogP contribution in [-0.2, 0) is 4.79 Å². The maximum atomic E-state index is 12.9. The average molecular weight is 517 g/mol. The number of thioether (sulfide) groups is 1. The Labute approximate surface area is 225 Å². The first-order chi connectivity index (χ1) is 18.6. The molecule has 0 saturated heterocycles. The number of benzene rings is 3. The van der Waals surface area contributed by atoms with Crippen molar-refractivity contribution in [2.45, 2.75) is 18.4 Å². The Kier molecular flexibility index (Phi) is 7.62. The van der Waals surface area contributed by atoms with Crippen LogP contribution in [0.25, 0.3) is 33.7 Å². The lowest BCUT2D eigenvalue weighted by molar-refractivity contribution is -0.115. The lowest BCUT2D eigenvalue weighted by atomic mass is 9.98. The third-order valence-electron chi connectivity index (χ3n) is 5.83. The highest BCUT2D eigenvalue weighted by Gasteiger charge is 2.24. The summed E-state index contributed by atoms with van der Waals surface area (Å²) in [6.45, 7) is 1.86. The maximum absolute atomic E-state index is 12.9. The van der Waals surface area contributed by atoms with E-state index >= 15 is 0 Å². The summed E-state index contributed by atoms with van der Waals surface area (Å²) in [5.74, 6) is 1.65. The lowest BCUT2D eigenvalue weighted by Gasteiger charge is -2.06. The number of rotatable bonds is 8. The van der Waals surface area contributed by atoms with Gasteiger partial charge in [0, 0.05) is 28.9 Å². The molecule has 0 bridgehead atoms. The molecule has 5 rings (SSSR count). The highest BCUT2D eigenvalue weighted by Crippen LogP contribution is 2.41. The highest BCUT2D eigenvalue weighted by atomic mass is 32.2. The predicted molar refractivity (Wildman–Crippen MR) is 150 cm³/mol. The molecular weight excluding hydrogens is 492 g/mol. The quantitative estimate of drug-likeness (QED) is 0.171. The van der Waals surface area contributed by atoms with Crippen LogP contribution in [0.15, 0.2) is 107 Å². The van der Waals surface area contributed by atoms with Gasteiger partial charge in [-0.25, -0.2) is 9.97 Å². The molecule has 0 spiro atoms. The molecule has 3 aromatic carbocycles. The number of carbonyl (C=O) groups is 1. The van der Waals surface area contributed by atoms with Gasteiger partial charge in [0.05, 0.1) is 5.69 Å². The summed E-state index contributed by atoms with van der Waals surface area (Å²) in [7, 11) is 0. The third-order valence-corrected chi connectivity index (χ3v) is 6.75. The van der Waals surface area contributed by atoms with Gasteiger partial charge in [0.15, 0.2) is 0 Å². The van der Waals surface area contributed by atoms with Crippen LogP contribution in [0.2, 0.25) is 0 Å². The standard InChI is InChI=1S/C31H24N4O2S/c1-21-33-26(22-11-5-2-6-12-22)19-28(34-21)38-18-17-27(36)35-31-25(20-32)29(23-13-7-3-8-14-23)30(37-31)24-15-9-4-10-16-24/h2-16,19H,17-18H2,1H3,(H,35,36). The number of furan rings is 1. The van der Waals surface area contributed by atoms with Gasteiger partial charge < -0.3 is 4.42 Å². The van der Waals surface area contributed by atoms with Gasteiger partial charge in [-0.05, 0) is 18.6 Å². The number of aryl methyl sites for hydroxylation is 1. The fraction of sp³-hybridized carbons (Fsp3) is 0.0968. The van der Waals surface area contributed by atoms with Crippen molar-refractivity contribution in [3.8, 4) is 39.8 Å². The van der Waals surface area contributed by atoms with Crippen molar-refractivity contribution in [1.29, 1.82) is 5.26 Å². The first-order valence-corrected chi connectivity index (χ1v) is 13.1. The topological polar surface area (TPSA) is 91.8 Å². The molecule has 6 nitrogen and oxygen atoms in total. The first kappa shape index (κ1) is 25.0. The summed E-state index contributed by atoms with van der Waals surface area (Å²) >= 11 is 1.49. The molecule has 0 saturated carbocycles. The molecule has 7 heteroatoms. The van der Waals surface area contributed by atoms with E-state index in [1.165, 1.54) is 11.8 Å². The molecule has 5 aromatic rings. The summed E-state index contributed by atoms with van der Waals surface area (Å²) in [5.41, 5.74) is 4.50. The number of nitrogens with zero attached hydrogens (tertiary/aromatic N) is 3. The summed E-state index contributed by atoms with van der Waals surface area (Å²) in [6, 6.07) is 33.3. The van der Waals surface area contributed by atoms with E-state index in [1.54, 1.807) is 0 Å². The van der Waals surface area contributed by atoms with Crippen molar-refractivity contribution in [2.24, 2.45) is 0 Å². The van der Waals surface area contributed by atoms with Crippen LogP contribution < -0.4 is 5.32 Å². The van der Waals surface area contributed by atoms with Crippen molar-refractivity contribution < 1.29 is 9.21 Å². The number of nitriles is 1. The summed E-state index contributed by atoms with van der Waals surface area (Å²) in [5, 5.41) is 13.7. The van der Waals surface area contributed by atoms with Gasteiger partial charge in [-0.1, -0.05) is 91.0 Å². The monoisotopic (exact) mass is 516 g/mol. The second kappa shape index (κ2) is 11.6. The fourth-order valence-corrected chi connectivity index (χ4v) is 5.00. The van der Waals surface area contributed by atoms with E-state index in [-0.39, 0.29) is 18.2 Å². The molecule has 0 aliphatic rings. The van der Waals surface area contributed by atoms with Gasteiger partial charge in [0.2, 0.25) is 11.8 Å². The summed E-state index contributed by atoms with van der Waals surface area (Å²) in [4.78, 5) is 21.9.